The Labute approximate surface area is 126 Å². The van der Waals surface area contributed by atoms with Crippen molar-refractivity contribution in [2.24, 2.45) is 0 Å². The van der Waals surface area contributed by atoms with Crippen LogP contribution in [-0.2, 0) is 0 Å². The van der Waals surface area contributed by atoms with E-state index in [1.165, 1.54) is 16.7 Å². The van der Waals surface area contributed by atoms with Gasteiger partial charge in [0, 0.05) is 6.54 Å². The number of nitrogens with one attached hydrogen (secondary N) is 2. The van der Waals surface area contributed by atoms with Crippen LogP contribution in [0.1, 0.15) is 29.7 Å². The molecule has 0 amide bonds. The molecule has 0 bridgehead atoms. The van der Waals surface area contributed by atoms with Crippen molar-refractivity contribution in [3.05, 3.63) is 71.3 Å². The number of hydrogen-bond donors (Lipinski definition) is 2. The third-order valence-corrected chi connectivity index (χ3v) is 3.42. The molecule has 20 heavy (non-hydrogen) atoms. The van der Waals surface area contributed by atoms with Crippen LogP contribution in [0.25, 0.3) is 0 Å². The van der Waals surface area contributed by atoms with Crippen LogP contribution >= 0.6 is 12.2 Å². The molecule has 104 valence electrons. The van der Waals surface area contributed by atoms with Crippen molar-refractivity contribution in [1.29, 1.82) is 0 Å². The number of thiocarbonyl (C=S) groups is 1. The van der Waals surface area contributed by atoms with Crippen LogP contribution in [0.3, 0.4) is 0 Å². The van der Waals surface area contributed by atoms with Crippen molar-refractivity contribution in [2.45, 2.75) is 19.9 Å². The minimum atomic E-state index is 0.0725. The maximum absolute atomic E-state index is 5.33. The fourth-order valence-corrected chi connectivity index (χ4v) is 2.37. The van der Waals surface area contributed by atoms with Crippen LogP contribution in [0.15, 0.2) is 54.6 Å². The number of hydrogen-bond acceptors (Lipinski definition) is 1. The van der Waals surface area contributed by atoms with E-state index in [1.54, 1.807) is 0 Å². The average molecular weight is 284 g/mol. The smallest absolute Gasteiger partial charge is 0.167 e. The van der Waals surface area contributed by atoms with E-state index in [2.05, 4.69) is 66.1 Å². The van der Waals surface area contributed by atoms with Crippen molar-refractivity contribution >= 4 is 17.3 Å². The standard InChI is InChI=1S/C17H20N2S/c1-3-18-17(20)19-16(14-7-5-4-6-8-14)15-11-9-13(2)10-12-15/h4-12,16H,3H2,1-2H3,(H2,18,19,20)/t16-/m1/s1. The Balaban J connectivity index is 2.29. The molecule has 0 saturated heterocycles. The van der Waals surface area contributed by atoms with Gasteiger partial charge >= 0.3 is 0 Å². The van der Waals surface area contributed by atoms with Gasteiger partial charge in [0.2, 0.25) is 0 Å². The van der Waals surface area contributed by atoms with Crippen molar-refractivity contribution in [2.75, 3.05) is 6.54 Å². The Morgan fingerprint density at radius 1 is 1.00 bits per heavy atom. The van der Waals surface area contributed by atoms with Crippen molar-refractivity contribution in [1.82, 2.24) is 10.6 Å². The third-order valence-electron chi connectivity index (χ3n) is 3.16. The van der Waals surface area contributed by atoms with Gasteiger partial charge in [0.05, 0.1) is 6.04 Å². The molecule has 0 unspecified atom stereocenters. The van der Waals surface area contributed by atoms with Crippen LogP contribution in [0, 0.1) is 6.92 Å². The number of aryl methyl sites for hydroxylation is 1. The van der Waals surface area contributed by atoms with Crippen molar-refractivity contribution in [3.63, 3.8) is 0 Å². The molecule has 0 spiro atoms. The molecular formula is C17H20N2S. The van der Waals surface area contributed by atoms with Crippen molar-refractivity contribution < 1.29 is 0 Å². The number of benzene rings is 2. The van der Waals surface area contributed by atoms with Crippen LogP contribution in [0.2, 0.25) is 0 Å². The first-order valence-corrected chi connectivity index (χ1v) is 7.27. The molecule has 2 rings (SSSR count). The minimum Gasteiger partial charge on any atom is -0.363 e. The summed E-state index contributed by atoms with van der Waals surface area (Å²) in [4.78, 5) is 0. The Hall–Kier alpha value is -1.87. The summed E-state index contributed by atoms with van der Waals surface area (Å²) >= 11 is 5.33. The summed E-state index contributed by atoms with van der Waals surface area (Å²) in [7, 11) is 0. The Bertz CT molecular complexity index is 549. The molecule has 0 radical (unpaired) electrons. The molecule has 2 aromatic carbocycles. The zero-order chi connectivity index (χ0) is 14.4. The SMILES string of the molecule is CCNC(=S)N[C@H](c1ccccc1)c1ccc(C)cc1. The van der Waals surface area contributed by atoms with E-state index in [9.17, 15) is 0 Å². The largest absolute Gasteiger partial charge is 0.363 e. The third kappa shape index (κ3) is 3.81. The molecule has 0 heterocycles. The highest BCUT2D eigenvalue weighted by atomic mass is 32.1. The summed E-state index contributed by atoms with van der Waals surface area (Å²) in [5, 5.41) is 7.22. The second kappa shape index (κ2) is 7.06. The van der Waals surface area contributed by atoms with E-state index >= 15 is 0 Å². The van der Waals surface area contributed by atoms with Crippen molar-refractivity contribution in [3.8, 4) is 0 Å². The van der Waals surface area contributed by atoms with Gasteiger partial charge in [0.1, 0.15) is 0 Å². The summed E-state index contributed by atoms with van der Waals surface area (Å²) in [6.07, 6.45) is 0. The van der Waals surface area contributed by atoms with Gasteiger partial charge in [-0.3, -0.25) is 0 Å². The monoisotopic (exact) mass is 284 g/mol. The molecule has 0 aliphatic rings. The highest BCUT2D eigenvalue weighted by molar-refractivity contribution is 7.80. The van der Waals surface area contributed by atoms with Gasteiger partial charge < -0.3 is 10.6 Å². The normalized spacial score (nSPS) is 11.7. The Kier molecular flexibility index (Phi) is 5.13. The van der Waals surface area contributed by atoms with Gasteiger partial charge in [-0.2, -0.15) is 0 Å². The summed E-state index contributed by atoms with van der Waals surface area (Å²) in [6, 6.07) is 19.0. The van der Waals surface area contributed by atoms with Gasteiger partial charge in [-0.05, 0) is 37.2 Å². The predicted molar refractivity (Wildman–Crippen MR) is 88.9 cm³/mol. The van der Waals surface area contributed by atoms with Crippen LogP contribution in [-0.4, -0.2) is 11.7 Å². The lowest BCUT2D eigenvalue weighted by Crippen LogP contribution is -2.37. The zero-order valence-electron chi connectivity index (χ0n) is 11.9. The highest BCUT2D eigenvalue weighted by Crippen LogP contribution is 2.22. The molecule has 2 nitrogen and oxygen atoms in total. The molecule has 2 N–H and O–H groups in total. The maximum atomic E-state index is 5.33. The molecule has 2 aromatic rings. The maximum Gasteiger partial charge on any atom is 0.167 e. The lowest BCUT2D eigenvalue weighted by atomic mass is 9.98. The quantitative estimate of drug-likeness (QED) is 0.839. The molecule has 0 saturated carbocycles. The van der Waals surface area contributed by atoms with E-state index in [0.717, 1.165) is 6.54 Å². The van der Waals surface area contributed by atoms with Gasteiger partial charge in [-0.1, -0.05) is 60.2 Å². The molecule has 1 atom stereocenters. The van der Waals surface area contributed by atoms with Gasteiger partial charge in [0.25, 0.3) is 0 Å². The molecule has 0 fully saturated rings. The minimum absolute atomic E-state index is 0.0725. The first kappa shape index (κ1) is 14.5. The molecular weight excluding hydrogens is 264 g/mol. The lowest BCUT2D eigenvalue weighted by Gasteiger charge is -2.22. The summed E-state index contributed by atoms with van der Waals surface area (Å²) in [6.45, 7) is 4.95. The number of rotatable bonds is 4. The summed E-state index contributed by atoms with van der Waals surface area (Å²) in [5.41, 5.74) is 3.67. The summed E-state index contributed by atoms with van der Waals surface area (Å²) in [5.74, 6) is 0. The zero-order valence-corrected chi connectivity index (χ0v) is 12.7. The van der Waals surface area contributed by atoms with E-state index < -0.39 is 0 Å². The lowest BCUT2D eigenvalue weighted by molar-refractivity contribution is 0.742. The van der Waals surface area contributed by atoms with E-state index in [4.69, 9.17) is 12.2 Å². The topological polar surface area (TPSA) is 24.1 Å². The van der Waals surface area contributed by atoms with Gasteiger partial charge in [-0.15, -0.1) is 0 Å². The Morgan fingerprint density at radius 3 is 2.20 bits per heavy atom. The van der Waals surface area contributed by atoms with Gasteiger partial charge in [0.15, 0.2) is 5.11 Å². The van der Waals surface area contributed by atoms with Gasteiger partial charge in [-0.25, -0.2) is 0 Å². The molecule has 0 aliphatic heterocycles. The molecule has 0 aromatic heterocycles. The van der Waals surface area contributed by atoms with Crippen LogP contribution < -0.4 is 10.6 Å². The van der Waals surface area contributed by atoms with Crippen LogP contribution in [0.4, 0.5) is 0 Å². The second-order valence-corrected chi connectivity index (χ2v) is 5.17. The fourth-order valence-electron chi connectivity index (χ4n) is 2.11. The van der Waals surface area contributed by atoms with Crippen LogP contribution in [0.5, 0.6) is 0 Å². The Morgan fingerprint density at radius 2 is 1.60 bits per heavy atom. The average Bonchev–Trinajstić information content (AvgIpc) is 2.47. The highest BCUT2D eigenvalue weighted by Gasteiger charge is 2.14. The molecule has 0 aliphatic carbocycles. The first-order valence-electron chi connectivity index (χ1n) is 6.86. The first-order chi connectivity index (χ1) is 9.70. The van der Waals surface area contributed by atoms with E-state index in [0.29, 0.717) is 5.11 Å². The van der Waals surface area contributed by atoms with E-state index in [-0.39, 0.29) is 6.04 Å². The fraction of sp³-hybridized carbons (Fsp3) is 0.235. The molecule has 3 heteroatoms. The summed E-state index contributed by atoms with van der Waals surface area (Å²) < 4.78 is 0. The predicted octanol–water partition coefficient (Wildman–Crippen LogP) is 3.57. The second-order valence-electron chi connectivity index (χ2n) is 4.76. The van der Waals surface area contributed by atoms with E-state index in [1.807, 2.05) is 13.0 Å².